The summed E-state index contributed by atoms with van der Waals surface area (Å²) in [6.07, 6.45) is 1.94. The molecule has 0 bridgehead atoms. The van der Waals surface area contributed by atoms with Gasteiger partial charge in [0.25, 0.3) is 5.91 Å². The first kappa shape index (κ1) is 28.9. The van der Waals surface area contributed by atoms with Gasteiger partial charge in [-0.3, -0.25) is 19.2 Å². The first-order chi connectivity index (χ1) is 18.5. The van der Waals surface area contributed by atoms with Gasteiger partial charge >= 0.3 is 11.8 Å². The molecule has 1 saturated carbocycles. The highest BCUT2D eigenvalue weighted by Gasteiger charge is 2.38. The number of likely N-dealkylation sites (N-methyl/N-ethyl adjacent to an activating group) is 1. The molecular weight excluding hydrogens is 547 g/mol. The standard InChI is InChI=1S/C26H32ClFN6O4S/c1-4-34(3)26(38)14-5-8-18(30-23(36)22(35)29-15-6-7-16(27)17(28)12-15)20(11-14)31-24(37)25-32-19-9-10-33(2)13-21(19)39-25/h6-7,12,14,18,20H,4-5,8-11,13H2,1-3H3,(H,29,35)(H,30,36)(H,31,37)/t14-,18-,20+/m0/s1. The number of carbonyl (C=O) groups is 4. The molecule has 13 heteroatoms. The monoisotopic (exact) mass is 578 g/mol. The molecule has 39 heavy (non-hydrogen) atoms. The van der Waals surface area contributed by atoms with Crippen LogP contribution in [0.15, 0.2) is 18.2 Å². The van der Waals surface area contributed by atoms with E-state index in [9.17, 15) is 23.6 Å². The van der Waals surface area contributed by atoms with Crippen LogP contribution >= 0.6 is 22.9 Å². The smallest absolute Gasteiger partial charge is 0.313 e. The molecule has 0 saturated heterocycles. The van der Waals surface area contributed by atoms with Crippen LogP contribution in [0.3, 0.4) is 0 Å². The van der Waals surface area contributed by atoms with Crippen molar-refractivity contribution in [2.24, 2.45) is 5.92 Å². The summed E-state index contributed by atoms with van der Waals surface area (Å²) in [5.74, 6) is -3.39. The molecule has 2 heterocycles. The Balaban J connectivity index is 1.47. The lowest BCUT2D eigenvalue weighted by atomic mass is 9.81. The number of anilines is 1. The average molecular weight is 579 g/mol. The summed E-state index contributed by atoms with van der Waals surface area (Å²) in [5, 5.41) is 8.24. The van der Waals surface area contributed by atoms with Crippen LogP contribution in [0.1, 0.15) is 46.6 Å². The number of benzene rings is 1. The molecule has 0 radical (unpaired) electrons. The van der Waals surface area contributed by atoms with Crippen LogP contribution in [0.5, 0.6) is 0 Å². The fourth-order valence-corrected chi connectivity index (χ4v) is 6.05. The number of nitrogens with one attached hydrogen (secondary N) is 3. The van der Waals surface area contributed by atoms with E-state index in [1.54, 1.807) is 11.9 Å². The van der Waals surface area contributed by atoms with Crippen LogP contribution in [-0.2, 0) is 27.3 Å². The third kappa shape index (κ3) is 6.92. The van der Waals surface area contributed by atoms with Crippen LogP contribution in [-0.4, -0.2) is 77.7 Å². The molecule has 1 aliphatic heterocycles. The van der Waals surface area contributed by atoms with Gasteiger partial charge in [0.2, 0.25) is 5.91 Å². The highest BCUT2D eigenvalue weighted by Crippen LogP contribution is 2.28. The zero-order valence-corrected chi connectivity index (χ0v) is 23.6. The SMILES string of the molecule is CCN(C)C(=O)[C@H]1CC[C@H](NC(=O)C(=O)Nc2ccc(Cl)c(F)c2)[C@H](NC(=O)c2nc3c(s2)CN(C)CC3)C1. The third-order valence-corrected chi connectivity index (χ3v) is 8.57. The molecule has 1 aromatic carbocycles. The van der Waals surface area contributed by atoms with Crippen LogP contribution < -0.4 is 16.0 Å². The number of rotatable bonds is 6. The summed E-state index contributed by atoms with van der Waals surface area (Å²) in [7, 11) is 3.74. The van der Waals surface area contributed by atoms with Gasteiger partial charge in [-0.25, -0.2) is 9.37 Å². The minimum atomic E-state index is -0.984. The Morgan fingerprint density at radius 1 is 1.18 bits per heavy atom. The Morgan fingerprint density at radius 2 is 1.95 bits per heavy atom. The molecule has 4 amide bonds. The molecule has 1 aromatic heterocycles. The van der Waals surface area contributed by atoms with Gasteiger partial charge in [0.1, 0.15) is 5.82 Å². The molecule has 0 unspecified atom stereocenters. The first-order valence-corrected chi connectivity index (χ1v) is 14.0. The summed E-state index contributed by atoms with van der Waals surface area (Å²) in [6.45, 7) is 4.04. The number of carbonyl (C=O) groups excluding carboxylic acids is 4. The third-order valence-electron chi connectivity index (χ3n) is 7.18. The Labute approximate surface area is 235 Å². The quantitative estimate of drug-likeness (QED) is 0.452. The Bertz CT molecular complexity index is 1270. The maximum absolute atomic E-state index is 13.7. The molecule has 0 spiro atoms. The predicted octanol–water partition coefficient (Wildman–Crippen LogP) is 2.42. The van der Waals surface area contributed by atoms with Gasteiger partial charge in [0.15, 0.2) is 5.01 Å². The van der Waals surface area contributed by atoms with Crippen molar-refractivity contribution >= 4 is 52.3 Å². The zero-order valence-electron chi connectivity index (χ0n) is 22.1. The Morgan fingerprint density at radius 3 is 2.67 bits per heavy atom. The normalized spacial score (nSPS) is 21.0. The maximum Gasteiger partial charge on any atom is 0.313 e. The average Bonchev–Trinajstić information content (AvgIpc) is 3.34. The van der Waals surface area contributed by atoms with E-state index < -0.39 is 29.7 Å². The van der Waals surface area contributed by atoms with E-state index in [4.69, 9.17) is 11.6 Å². The van der Waals surface area contributed by atoms with Gasteiger partial charge in [0.05, 0.1) is 16.8 Å². The largest absolute Gasteiger partial charge is 0.346 e. The molecule has 210 valence electrons. The van der Waals surface area contributed by atoms with Crippen LogP contribution in [0.2, 0.25) is 5.02 Å². The number of hydrogen-bond donors (Lipinski definition) is 3. The van der Waals surface area contributed by atoms with Gasteiger partial charge < -0.3 is 25.8 Å². The Hall–Kier alpha value is -3.09. The predicted molar refractivity (Wildman–Crippen MR) is 146 cm³/mol. The number of halogens is 2. The molecule has 2 aliphatic rings. The summed E-state index contributed by atoms with van der Waals surface area (Å²) < 4.78 is 13.7. The van der Waals surface area contributed by atoms with Crippen molar-refractivity contribution in [1.82, 2.24) is 25.4 Å². The fraction of sp³-hybridized carbons (Fsp3) is 0.500. The van der Waals surface area contributed by atoms with Crippen molar-refractivity contribution in [3.63, 3.8) is 0 Å². The van der Waals surface area contributed by atoms with E-state index in [1.165, 1.54) is 23.5 Å². The van der Waals surface area contributed by atoms with Crippen molar-refractivity contribution in [3.8, 4) is 0 Å². The number of aromatic nitrogens is 1. The molecule has 1 fully saturated rings. The van der Waals surface area contributed by atoms with E-state index >= 15 is 0 Å². The van der Waals surface area contributed by atoms with E-state index in [0.29, 0.717) is 30.8 Å². The van der Waals surface area contributed by atoms with Gasteiger partial charge in [-0.05, 0) is 51.4 Å². The molecule has 3 N–H and O–H groups in total. The topological polar surface area (TPSA) is 124 Å². The van der Waals surface area contributed by atoms with Gasteiger partial charge in [-0.1, -0.05) is 11.6 Å². The fourth-order valence-electron chi connectivity index (χ4n) is 4.84. The summed E-state index contributed by atoms with van der Waals surface area (Å²) in [4.78, 5) is 60.8. The number of hydrogen-bond acceptors (Lipinski definition) is 7. The van der Waals surface area contributed by atoms with Crippen LogP contribution in [0, 0.1) is 11.7 Å². The van der Waals surface area contributed by atoms with E-state index in [2.05, 4.69) is 25.8 Å². The second-order valence-corrected chi connectivity index (χ2v) is 11.5. The summed E-state index contributed by atoms with van der Waals surface area (Å²) in [6, 6.07) is 2.48. The molecule has 3 atom stereocenters. The molecule has 2 aromatic rings. The molecule has 1 aliphatic carbocycles. The van der Waals surface area contributed by atoms with E-state index in [-0.39, 0.29) is 28.4 Å². The van der Waals surface area contributed by atoms with Crippen molar-refractivity contribution in [2.45, 2.75) is 51.2 Å². The van der Waals surface area contributed by atoms with E-state index in [0.717, 1.165) is 36.1 Å². The minimum absolute atomic E-state index is 0.0308. The lowest BCUT2D eigenvalue weighted by Gasteiger charge is -2.37. The van der Waals surface area contributed by atoms with Crippen molar-refractivity contribution in [3.05, 3.63) is 44.6 Å². The van der Waals surface area contributed by atoms with Gasteiger partial charge in [-0.15, -0.1) is 11.3 Å². The Kier molecular flexibility index (Phi) is 9.19. The number of thiazole rings is 1. The van der Waals surface area contributed by atoms with Crippen LogP contribution in [0.4, 0.5) is 10.1 Å². The van der Waals surface area contributed by atoms with Gasteiger partial charge in [0, 0.05) is 55.6 Å². The number of amides is 4. The molecule has 4 rings (SSSR count). The van der Waals surface area contributed by atoms with Gasteiger partial charge in [-0.2, -0.15) is 0 Å². The lowest BCUT2D eigenvalue weighted by Crippen LogP contribution is -2.57. The lowest BCUT2D eigenvalue weighted by molar-refractivity contribution is -0.137. The maximum atomic E-state index is 13.7. The first-order valence-electron chi connectivity index (χ1n) is 12.9. The second-order valence-electron chi connectivity index (χ2n) is 9.98. The van der Waals surface area contributed by atoms with Crippen molar-refractivity contribution < 1.29 is 23.6 Å². The number of nitrogens with zero attached hydrogens (tertiary/aromatic N) is 3. The van der Waals surface area contributed by atoms with E-state index in [1.807, 2.05) is 14.0 Å². The zero-order chi connectivity index (χ0) is 28.3. The number of fused-ring (bicyclic) bond motifs is 1. The molecule has 10 nitrogen and oxygen atoms in total. The highest BCUT2D eigenvalue weighted by molar-refractivity contribution is 7.13. The highest BCUT2D eigenvalue weighted by atomic mass is 35.5. The molecular formula is C26H32ClFN6O4S. The minimum Gasteiger partial charge on any atom is -0.346 e. The second kappa shape index (κ2) is 12.4. The van der Waals surface area contributed by atoms with Crippen molar-refractivity contribution in [2.75, 3.05) is 32.5 Å². The summed E-state index contributed by atoms with van der Waals surface area (Å²) >= 11 is 7.02. The van der Waals surface area contributed by atoms with Crippen molar-refractivity contribution in [1.29, 1.82) is 0 Å². The van der Waals surface area contributed by atoms with Crippen LogP contribution in [0.25, 0.3) is 0 Å². The summed E-state index contributed by atoms with van der Waals surface area (Å²) in [5.41, 5.74) is 1.00.